The summed E-state index contributed by atoms with van der Waals surface area (Å²) in [5, 5.41) is 9.59. The monoisotopic (exact) mass is 375 g/mol. The number of hydrogen-bond donors (Lipinski definition) is 2. The van der Waals surface area contributed by atoms with Crippen molar-refractivity contribution in [2.45, 2.75) is 13.0 Å². The number of hydrogen-bond acceptors (Lipinski definition) is 5. The highest BCUT2D eigenvalue weighted by Gasteiger charge is 2.12. The van der Waals surface area contributed by atoms with E-state index in [0.717, 1.165) is 5.56 Å². The molecule has 128 valence electrons. The van der Waals surface area contributed by atoms with Gasteiger partial charge in [0.05, 0.1) is 30.4 Å². The van der Waals surface area contributed by atoms with Crippen molar-refractivity contribution in [3.63, 3.8) is 0 Å². The van der Waals surface area contributed by atoms with E-state index in [2.05, 4.69) is 15.4 Å². The minimum atomic E-state index is -0.468. The van der Waals surface area contributed by atoms with Gasteiger partial charge >= 0.3 is 0 Å². The second-order valence-corrected chi connectivity index (χ2v) is 6.52. The SMILES string of the molecule is NC(=O)Cc1csc(NC(=O)c2cnn(Cc3ccccc3Cl)c2)n1. The summed E-state index contributed by atoms with van der Waals surface area (Å²) in [4.78, 5) is 27.3. The highest BCUT2D eigenvalue weighted by molar-refractivity contribution is 7.14. The Morgan fingerprint density at radius 3 is 2.88 bits per heavy atom. The van der Waals surface area contributed by atoms with Crippen LogP contribution in [0.15, 0.2) is 42.0 Å². The molecule has 2 amide bonds. The van der Waals surface area contributed by atoms with Crippen LogP contribution in [0.2, 0.25) is 5.02 Å². The number of nitrogens with two attached hydrogens (primary N) is 1. The fourth-order valence-electron chi connectivity index (χ4n) is 2.16. The molecule has 3 rings (SSSR count). The number of aromatic nitrogens is 3. The van der Waals surface area contributed by atoms with E-state index in [0.29, 0.717) is 28.0 Å². The first-order chi connectivity index (χ1) is 12.0. The Morgan fingerprint density at radius 1 is 1.32 bits per heavy atom. The molecule has 3 N–H and O–H groups in total. The number of carbonyl (C=O) groups is 2. The van der Waals surface area contributed by atoms with Crippen molar-refractivity contribution in [1.29, 1.82) is 0 Å². The zero-order chi connectivity index (χ0) is 17.8. The van der Waals surface area contributed by atoms with Crippen LogP contribution >= 0.6 is 22.9 Å². The minimum absolute atomic E-state index is 0.0438. The molecule has 0 aliphatic heterocycles. The first-order valence-electron chi connectivity index (χ1n) is 7.31. The summed E-state index contributed by atoms with van der Waals surface area (Å²) in [5.41, 5.74) is 6.96. The van der Waals surface area contributed by atoms with Crippen LogP contribution in [-0.4, -0.2) is 26.6 Å². The molecule has 0 unspecified atom stereocenters. The smallest absolute Gasteiger partial charge is 0.260 e. The van der Waals surface area contributed by atoms with Crippen LogP contribution in [-0.2, 0) is 17.8 Å². The average molecular weight is 376 g/mol. The van der Waals surface area contributed by atoms with Crippen molar-refractivity contribution in [3.8, 4) is 0 Å². The third-order valence-electron chi connectivity index (χ3n) is 3.31. The quantitative estimate of drug-likeness (QED) is 0.690. The standard InChI is InChI=1S/C16H14ClN5O2S/c17-13-4-2-1-3-10(13)7-22-8-11(6-19-22)15(24)21-16-20-12(9-25-16)5-14(18)23/h1-4,6,8-9H,5,7H2,(H2,18,23)(H,20,21,24). The summed E-state index contributed by atoms with van der Waals surface area (Å²) >= 11 is 7.36. The molecule has 0 radical (unpaired) electrons. The highest BCUT2D eigenvalue weighted by Crippen LogP contribution is 2.18. The van der Waals surface area contributed by atoms with Gasteiger partial charge in [0, 0.05) is 16.6 Å². The predicted octanol–water partition coefficient (Wildman–Crippen LogP) is 2.32. The van der Waals surface area contributed by atoms with Crippen molar-refractivity contribution in [2.24, 2.45) is 5.73 Å². The molecule has 0 aliphatic rings. The van der Waals surface area contributed by atoms with Gasteiger partial charge in [-0.05, 0) is 11.6 Å². The van der Waals surface area contributed by atoms with E-state index in [1.165, 1.54) is 17.5 Å². The van der Waals surface area contributed by atoms with Crippen LogP contribution in [0.3, 0.4) is 0 Å². The lowest BCUT2D eigenvalue weighted by Crippen LogP contribution is -2.14. The summed E-state index contributed by atoms with van der Waals surface area (Å²) < 4.78 is 1.64. The molecule has 9 heteroatoms. The molecular weight excluding hydrogens is 362 g/mol. The maximum atomic E-state index is 12.3. The molecule has 0 atom stereocenters. The van der Waals surface area contributed by atoms with Gasteiger partial charge in [-0.15, -0.1) is 11.3 Å². The fourth-order valence-corrected chi connectivity index (χ4v) is 3.06. The van der Waals surface area contributed by atoms with Gasteiger partial charge in [0.2, 0.25) is 5.91 Å². The Hall–Kier alpha value is -2.71. The minimum Gasteiger partial charge on any atom is -0.369 e. The van der Waals surface area contributed by atoms with Crippen LogP contribution in [0, 0.1) is 0 Å². The van der Waals surface area contributed by atoms with E-state index in [1.807, 2.05) is 18.2 Å². The zero-order valence-corrected chi connectivity index (χ0v) is 14.5. The van der Waals surface area contributed by atoms with E-state index < -0.39 is 5.91 Å². The van der Waals surface area contributed by atoms with Gasteiger partial charge in [-0.1, -0.05) is 29.8 Å². The second kappa shape index (κ2) is 7.45. The largest absolute Gasteiger partial charge is 0.369 e. The molecule has 0 saturated heterocycles. The van der Waals surface area contributed by atoms with Gasteiger partial charge < -0.3 is 5.73 Å². The van der Waals surface area contributed by atoms with Crippen molar-refractivity contribution in [3.05, 3.63) is 63.9 Å². The van der Waals surface area contributed by atoms with Gasteiger partial charge in [-0.2, -0.15) is 5.10 Å². The summed E-state index contributed by atoms with van der Waals surface area (Å²) in [6.45, 7) is 0.465. The number of nitrogens with zero attached hydrogens (tertiary/aromatic N) is 3. The number of thiazole rings is 1. The molecule has 0 spiro atoms. The van der Waals surface area contributed by atoms with Gasteiger partial charge in [0.25, 0.3) is 5.91 Å². The molecule has 3 aromatic rings. The number of anilines is 1. The summed E-state index contributed by atoms with van der Waals surface area (Å²) in [6.07, 6.45) is 3.16. The molecule has 1 aromatic carbocycles. The lowest BCUT2D eigenvalue weighted by molar-refractivity contribution is -0.117. The first kappa shape index (κ1) is 17.1. The van der Waals surface area contributed by atoms with E-state index in [4.69, 9.17) is 17.3 Å². The Kier molecular flexibility index (Phi) is 5.11. The number of amides is 2. The van der Waals surface area contributed by atoms with Gasteiger partial charge in [0.15, 0.2) is 5.13 Å². The molecule has 0 bridgehead atoms. The molecule has 2 heterocycles. The van der Waals surface area contributed by atoms with Crippen LogP contribution in [0.25, 0.3) is 0 Å². The van der Waals surface area contributed by atoms with E-state index in [9.17, 15) is 9.59 Å². The normalized spacial score (nSPS) is 10.6. The van der Waals surface area contributed by atoms with Crippen molar-refractivity contribution in [1.82, 2.24) is 14.8 Å². The number of benzene rings is 1. The van der Waals surface area contributed by atoms with Gasteiger partial charge in [-0.25, -0.2) is 4.98 Å². The molecule has 0 saturated carbocycles. The Labute approximate surface area is 152 Å². The average Bonchev–Trinajstić information content (AvgIpc) is 3.19. The number of nitrogens with one attached hydrogen (secondary N) is 1. The van der Waals surface area contributed by atoms with Crippen LogP contribution < -0.4 is 11.1 Å². The summed E-state index contributed by atoms with van der Waals surface area (Å²) in [6, 6.07) is 7.46. The van der Waals surface area contributed by atoms with Crippen molar-refractivity contribution >= 4 is 39.9 Å². The molecule has 7 nitrogen and oxygen atoms in total. The number of carbonyl (C=O) groups excluding carboxylic acids is 2. The third-order valence-corrected chi connectivity index (χ3v) is 4.49. The Bertz CT molecular complexity index is 921. The van der Waals surface area contributed by atoms with E-state index in [-0.39, 0.29) is 12.3 Å². The second-order valence-electron chi connectivity index (χ2n) is 5.26. The lowest BCUT2D eigenvalue weighted by atomic mass is 10.2. The zero-order valence-electron chi connectivity index (χ0n) is 13.0. The number of halogens is 1. The van der Waals surface area contributed by atoms with Gasteiger partial charge in [-0.3, -0.25) is 19.6 Å². The van der Waals surface area contributed by atoms with E-state index >= 15 is 0 Å². The molecule has 2 aromatic heterocycles. The van der Waals surface area contributed by atoms with Crippen LogP contribution in [0.4, 0.5) is 5.13 Å². The van der Waals surface area contributed by atoms with Crippen molar-refractivity contribution in [2.75, 3.05) is 5.32 Å². The predicted molar refractivity (Wildman–Crippen MR) is 95.7 cm³/mol. The van der Waals surface area contributed by atoms with Crippen molar-refractivity contribution < 1.29 is 9.59 Å². The molecule has 0 aliphatic carbocycles. The highest BCUT2D eigenvalue weighted by atomic mass is 35.5. The van der Waals surface area contributed by atoms with E-state index in [1.54, 1.807) is 22.3 Å². The number of primary amides is 1. The lowest BCUT2D eigenvalue weighted by Gasteiger charge is -2.03. The Morgan fingerprint density at radius 2 is 2.12 bits per heavy atom. The maximum Gasteiger partial charge on any atom is 0.260 e. The molecule has 25 heavy (non-hydrogen) atoms. The van der Waals surface area contributed by atoms with Crippen LogP contribution in [0.1, 0.15) is 21.6 Å². The summed E-state index contributed by atoms with van der Waals surface area (Å²) in [7, 11) is 0. The first-order valence-corrected chi connectivity index (χ1v) is 8.57. The summed E-state index contributed by atoms with van der Waals surface area (Å²) in [5.74, 6) is -0.797. The van der Waals surface area contributed by atoms with Crippen LogP contribution in [0.5, 0.6) is 0 Å². The molecule has 0 fully saturated rings. The van der Waals surface area contributed by atoms with Gasteiger partial charge in [0.1, 0.15) is 0 Å². The maximum absolute atomic E-state index is 12.3. The third kappa shape index (κ3) is 4.43. The number of rotatable bonds is 6. The molecular formula is C16H14ClN5O2S. The topological polar surface area (TPSA) is 103 Å². The fraction of sp³-hybridized carbons (Fsp3) is 0.125. The Balaban J connectivity index is 1.65.